The van der Waals surface area contributed by atoms with Crippen LogP contribution in [0.15, 0.2) is 231 Å². The predicted octanol–water partition coefficient (Wildman–Crippen LogP) is 15.1. The van der Waals surface area contributed by atoms with Crippen LogP contribution < -0.4 is 0 Å². The van der Waals surface area contributed by atoms with Crippen LogP contribution in [0.4, 0.5) is 0 Å². The quantitative estimate of drug-likeness (QED) is 0.154. The van der Waals surface area contributed by atoms with Crippen molar-refractivity contribution in [3.8, 4) is 67.1 Å². The maximum absolute atomic E-state index is 2.48. The van der Waals surface area contributed by atoms with Gasteiger partial charge in [-0.1, -0.05) is 182 Å². The molecule has 0 saturated carbocycles. The summed E-state index contributed by atoms with van der Waals surface area (Å²) in [5.74, 6) is 0. The summed E-state index contributed by atoms with van der Waals surface area (Å²) in [7, 11) is 0. The first-order valence-electron chi connectivity index (χ1n) is 19.9. The summed E-state index contributed by atoms with van der Waals surface area (Å²) < 4.78 is 4.90. The minimum atomic E-state index is 1.13. The largest absolute Gasteiger partial charge is 0.309 e. The van der Waals surface area contributed by atoms with Gasteiger partial charge in [-0.25, -0.2) is 0 Å². The Hall–Kier alpha value is -7.68. The fourth-order valence-electron chi connectivity index (χ4n) is 8.90. The highest BCUT2D eigenvalue weighted by atomic mass is 15.0. The minimum absolute atomic E-state index is 1.13. The first-order chi connectivity index (χ1) is 28.8. The molecule has 0 aliphatic heterocycles. The van der Waals surface area contributed by atoms with Crippen molar-refractivity contribution in [3.05, 3.63) is 231 Å². The van der Waals surface area contributed by atoms with Gasteiger partial charge >= 0.3 is 0 Å². The third kappa shape index (κ3) is 5.66. The highest BCUT2D eigenvalue weighted by Gasteiger charge is 2.22. The summed E-state index contributed by atoms with van der Waals surface area (Å²) in [6, 6.07) is 83.6. The van der Waals surface area contributed by atoms with E-state index in [0.29, 0.717) is 0 Å². The van der Waals surface area contributed by atoms with Gasteiger partial charge in [0, 0.05) is 27.5 Å². The zero-order valence-electron chi connectivity index (χ0n) is 31.8. The Labute approximate surface area is 338 Å². The number of hydrogen-bond acceptors (Lipinski definition) is 0. The summed E-state index contributed by atoms with van der Waals surface area (Å²) >= 11 is 0. The van der Waals surface area contributed by atoms with E-state index in [9.17, 15) is 0 Å². The van der Waals surface area contributed by atoms with Crippen LogP contribution in [0.3, 0.4) is 0 Å². The van der Waals surface area contributed by atoms with E-state index in [1.54, 1.807) is 0 Å². The molecule has 9 aromatic carbocycles. The van der Waals surface area contributed by atoms with Crippen LogP contribution >= 0.6 is 0 Å². The van der Waals surface area contributed by atoms with Crippen LogP contribution in [0, 0.1) is 0 Å². The second-order valence-corrected chi connectivity index (χ2v) is 14.9. The number of para-hydroxylation sites is 1. The van der Waals surface area contributed by atoms with Gasteiger partial charge in [0.05, 0.1) is 22.2 Å². The van der Waals surface area contributed by atoms with Crippen molar-refractivity contribution in [3.63, 3.8) is 0 Å². The second kappa shape index (κ2) is 14.1. The zero-order valence-corrected chi connectivity index (χ0v) is 31.8. The highest BCUT2D eigenvalue weighted by Crippen LogP contribution is 2.45. The summed E-state index contributed by atoms with van der Waals surface area (Å²) in [4.78, 5) is 0. The summed E-state index contributed by atoms with van der Waals surface area (Å²) in [6.07, 6.45) is 0. The molecule has 0 radical (unpaired) electrons. The zero-order chi connectivity index (χ0) is 38.4. The van der Waals surface area contributed by atoms with Crippen molar-refractivity contribution in [2.24, 2.45) is 0 Å². The van der Waals surface area contributed by atoms with E-state index in [2.05, 4.69) is 240 Å². The van der Waals surface area contributed by atoms with Crippen LogP contribution in [0.5, 0.6) is 0 Å². The highest BCUT2D eigenvalue weighted by molar-refractivity contribution is 6.20. The Morgan fingerprint density at radius 2 is 0.724 bits per heavy atom. The number of benzene rings is 9. The van der Waals surface area contributed by atoms with E-state index < -0.39 is 0 Å². The van der Waals surface area contributed by atoms with Crippen molar-refractivity contribution >= 4 is 32.7 Å². The normalized spacial score (nSPS) is 11.4. The van der Waals surface area contributed by atoms with Crippen molar-refractivity contribution in [1.82, 2.24) is 9.13 Å². The lowest BCUT2D eigenvalue weighted by molar-refractivity contribution is 1.13. The molecule has 11 aromatic rings. The van der Waals surface area contributed by atoms with Gasteiger partial charge in [0.1, 0.15) is 0 Å². The number of hydrogen-bond donors (Lipinski definition) is 0. The molecule has 0 bridgehead atoms. The predicted molar refractivity (Wildman–Crippen MR) is 245 cm³/mol. The molecule has 0 unspecified atom stereocenters. The van der Waals surface area contributed by atoms with Gasteiger partial charge in [0.2, 0.25) is 0 Å². The van der Waals surface area contributed by atoms with Crippen molar-refractivity contribution in [2.75, 3.05) is 0 Å². The van der Waals surface area contributed by atoms with Crippen LogP contribution in [0.1, 0.15) is 0 Å². The molecule has 0 aliphatic carbocycles. The molecular weight excluding hydrogens is 701 g/mol. The molecule has 11 rings (SSSR count). The first kappa shape index (κ1) is 33.6. The SMILES string of the molecule is c1ccc(-c2ccc(-n3c4ccc(-c5c(-c6ccccc6)cccc5-c5ccccc5)cc4c4ccc5c(cc(-c6ccccc6)n5-c5ccccc5)c43)cc2)cc1. The third-order valence-corrected chi connectivity index (χ3v) is 11.5. The molecule has 0 aliphatic rings. The van der Waals surface area contributed by atoms with Gasteiger partial charge in [-0.15, -0.1) is 0 Å². The van der Waals surface area contributed by atoms with E-state index in [4.69, 9.17) is 0 Å². The maximum atomic E-state index is 2.48. The van der Waals surface area contributed by atoms with Gasteiger partial charge in [-0.2, -0.15) is 0 Å². The topological polar surface area (TPSA) is 9.86 Å². The lowest BCUT2D eigenvalue weighted by Crippen LogP contribution is -1.97. The number of rotatable bonds is 7. The minimum Gasteiger partial charge on any atom is -0.309 e. The van der Waals surface area contributed by atoms with Gasteiger partial charge in [-0.05, 0) is 98.6 Å². The molecule has 272 valence electrons. The summed E-state index contributed by atoms with van der Waals surface area (Å²) in [5.41, 5.74) is 17.8. The average molecular weight is 739 g/mol. The molecule has 0 N–H and O–H groups in total. The Morgan fingerprint density at radius 1 is 0.259 bits per heavy atom. The van der Waals surface area contributed by atoms with E-state index in [0.717, 1.165) is 17.1 Å². The second-order valence-electron chi connectivity index (χ2n) is 14.9. The lowest BCUT2D eigenvalue weighted by Gasteiger charge is -2.17. The number of nitrogens with zero attached hydrogens (tertiary/aromatic N) is 2. The Bertz CT molecular complexity index is 3160. The molecule has 2 heteroatoms. The molecule has 0 amide bonds. The molecule has 2 heterocycles. The monoisotopic (exact) mass is 738 g/mol. The molecule has 2 nitrogen and oxygen atoms in total. The van der Waals surface area contributed by atoms with E-state index in [1.165, 1.54) is 82.8 Å². The van der Waals surface area contributed by atoms with Crippen LogP contribution in [0.2, 0.25) is 0 Å². The Kier molecular flexibility index (Phi) is 8.19. The Balaban J connectivity index is 1.22. The molecular formula is C56H38N2. The van der Waals surface area contributed by atoms with Crippen LogP contribution in [0.25, 0.3) is 99.8 Å². The average Bonchev–Trinajstić information content (AvgIpc) is 3.86. The van der Waals surface area contributed by atoms with E-state index in [-0.39, 0.29) is 0 Å². The van der Waals surface area contributed by atoms with Crippen molar-refractivity contribution < 1.29 is 0 Å². The third-order valence-electron chi connectivity index (χ3n) is 11.5. The molecule has 0 saturated heterocycles. The van der Waals surface area contributed by atoms with E-state index >= 15 is 0 Å². The van der Waals surface area contributed by atoms with Gasteiger partial charge < -0.3 is 9.13 Å². The molecule has 58 heavy (non-hydrogen) atoms. The van der Waals surface area contributed by atoms with E-state index in [1.807, 2.05) is 0 Å². The molecule has 0 fully saturated rings. The maximum Gasteiger partial charge on any atom is 0.0635 e. The smallest absolute Gasteiger partial charge is 0.0635 e. The standard InChI is InChI=1S/C56H38N2/c1-6-17-39(18-7-1)40-29-32-46(33-30-40)58-52-35-31-44(55-47(41-19-8-2-9-20-41)27-16-28-48(55)42-21-10-3-11-22-42)37-50(52)49-34-36-53-51(56(49)58)38-54(43-23-12-4-13-24-43)57(53)45-25-14-5-15-26-45/h1-38H. The number of fused-ring (bicyclic) bond motifs is 5. The van der Waals surface area contributed by atoms with Gasteiger partial charge in [-0.3, -0.25) is 0 Å². The van der Waals surface area contributed by atoms with Crippen LogP contribution in [-0.2, 0) is 0 Å². The lowest BCUT2D eigenvalue weighted by atomic mass is 9.87. The van der Waals surface area contributed by atoms with Gasteiger partial charge in [0.15, 0.2) is 0 Å². The van der Waals surface area contributed by atoms with Gasteiger partial charge in [0.25, 0.3) is 0 Å². The van der Waals surface area contributed by atoms with Crippen molar-refractivity contribution in [2.45, 2.75) is 0 Å². The molecule has 0 spiro atoms. The summed E-state index contributed by atoms with van der Waals surface area (Å²) in [5, 5.41) is 3.65. The first-order valence-corrected chi connectivity index (χ1v) is 19.9. The molecule has 0 atom stereocenters. The van der Waals surface area contributed by atoms with Crippen molar-refractivity contribution in [1.29, 1.82) is 0 Å². The fourth-order valence-corrected chi connectivity index (χ4v) is 8.90. The molecule has 2 aromatic heterocycles. The fraction of sp³-hybridized carbons (Fsp3) is 0. The Morgan fingerprint density at radius 3 is 1.33 bits per heavy atom. The number of aromatic nitrogens is 2. The summed E-state index contributed by atoms with van der Waals surface area (Å²) in [6.45, 7) is 0. The van der Waals surface area contributed by atoms with Crippen LogP contribution in [-0.4, -0.2) is 9.13 Å².